The second kappa shape index (κ2) is 3.94. The van der Waals surface area contributed by atoms with Crippen molar-refractivity contribution in [1.29, 1.82) is 0 Å². The third-order valence-corrected chi connectivity index (χ3v) is 3.12. The molecule has 0 amide bonds. The topological polar surface area (TPSA) is 24.9 Å². The molecule has 1 N–H and O–H groups in total. The lowest BCUT2D eigenvalue weighted by atomic mass is 10.1. The minimum atomic E-state index is 0.926. The van der Waals surface area contributed by atoms with Crippen LogP contribution in [0.4, 0.5) is 10.8 Å². The van der Waals surface area contributed by atoms with Crippen LogP contribution in [0.25, 0.3) is 10.8 Å². The minimum absolute atomic E-state index is 0.926. The van der Waals surface area contributed by atoms with Gasteiger partial charge in [-0.1, -0.05) is 30.3 Å². The number of hydrogen-bond donors (Lipinski definition) is 1. The Kier molecular flexibility index (Phi) is 2.31. The van der Waals surface area contributed by atoms with Gasteiger partial charge in [0, 0.05) is 17.3 Å². The van der Waals surface area contributed by atoms with E-state index in [-0.39, 0.29) is 0 Å². The first-order valence-corrected chi connectivity index (χ1v) is 5.95. The van der Waals surface area contributed by atoms with E-state index in [4.69, 9.17) is 0 Å². The maximum absolute atomic E-state index is 4.20. The van der Waals surface area contributed by atoms with Crippen LogP contribution < -0.4 is 5.32 Å². The van der Waals surface area contributed by atoms with E-state index in [0.717, 1.165) is 10.8 Å². The largest absolute Gasteiger partial charge is 0.332 e. The first-order valence-electron chi connectivity index (χ1n) is 5.07. The Labute approximate surface area is 97.6 Å². The fraction of sp³-hybridized carbons (Fsp3) is 0. The molecule has 0 bridgehead atoms. The fourth-order valence-electron chi connectivity index (χ4n) is 1.68. The van der Waals surface area contributed by atoms with Crippen LogP contribution in [0.5, 0.6) is 0 Å². The molecule has 0 fully saturated rings. The average molecular weight is 226 g/mol. The van der Waals surface area contributed by atoms with Crippen molar-refractivity contribution in [3.63, 3.8) is 0 Å². The van der Waals surface area contributed by atoms with E-state index in [9.17, 15) is 0 Å². The number of fused-ring (bicyclic) bond motifs is 1. The molecule has 0 aliphatic heterocycles. The lowest BCUT2D eigenvalue weighted by Crippen LogP contribution is -1.88. The molecule has 78 valence electrons. The SMILES string of the molecule is c1ccc2cc(Nc3nccs3)ccc2c1. The Bertz CT molecular complexity index is 602. The van der Waals surface area contributed by atoms with Gasteiger partial charge < -0.3 is 5.32 Å². The number of benzene rings is 2. The molecule has 0 saturated heterocycles. The van der Waals surface area contributed by atoms with E-state index in [0.29, 0.717) is 0 Å². The summed E-state index contributed by atoms with van der Waals surface area (Å²) in [5, 5.41) is 8.67. The maximum atomic E-state index is 4.20. The van der Waals surface area contributed by atoms with E-state index in [1.807, 2.05) is 5.38 Å². The van der Waals surface area contributed by atoms with Crippen LogP contribution in [0, 0.1) is 0 Å². The number of nitrogens with zero attached hydrogens (tertiary/aromatic N) is 1. The summed E-state index contributed by atoms with van der Waals surface area (Å²) in [5.41, 5.74) is 1.08. The first-order chi connectivity index (χ1) is 7.92. The van der Waals surface area contributed by atoms with Gasteiger partial charge in [-0.3, -0.25) is 0 Å². The molecule has 3 rings (SSSR count). The molecule has 1 heterocycles. The average Bonchev–Trinajstić information content (AvgIpc) is 2.82. The normalized spacial score (nSPS) is 10.5. The van der Waals surface area contributed by atoms with Crippen LogP contribution in [0.3, 0.4) is 0 Å². The maximum Gasteiger partial charge on any atom is 0.187 e. The molecule has 0 spiro atoms. The molecule has 3 heteroatoms. The van der Waals surface area contributed by atoms with Crippen molar-refractivity contribution in [3.8, 4) is 0 Å². The summed E-state index contributed by atoms with van der Waals surface area (Å²) in [7, 11) is 0. The summed E-state index contributed by atoms with van der Waals surface area (Å²) in [5.74, 6) is 0. The molecule has 3 aromatic rings. The summed E-state index contributed by atoms with van der Waals surface area (Å²) < 4.78 is 0. The van der Waals surface area contributed by atoms with Crippen molar-refractivity contribution in [2.24, 2.45) is 0 Å². The van der Waals surface area contributed by atoms with E-state index in [1.54, 1.807) is 17.5 Å². The number of aromatic nitrogens is 1. The molecule has 0 radical (unpaired) electrons. The molecule has 0 saturated carbocycles. The summed E-state index contributed by atoms with van der Waals surface area (Å²) >= 11 is 1.60. The monoisotopic (exact) mass is 226 g/mol. The van der Waals surface area contributed by atoms with Gasteiger partial charge in [0.15, 0.2) is 5.13 Å². The number of anilines is 2. The predicted molar refractivity (Wildman–Crippen MR) is 69.3 cm³/mol. The van der Waals surface area contributed by atoms with Gasteiger partial charge in [0.2, 0.25) is 0 Å². The van der Waals surface area contributed by atoms with Gasteiger partial charge in [0.25, 0.3) is 0 Å². The first kappa shape index (κ1) is 9.36. The standard InChI is InChI=1S/C13H10N2S/c1-2-4-11-9-12(6-5-10(11)3-1)15-13-14-7-8-16-13/h1-9H,(H,14,15). The number of nitrogens with one attached hydrogen (secondary N) is 1. The van der Waals surface area contributed by atoms with Crippen LogP contribution in [-0.4, -0.2) is 4.98 Å². The highest BCUT2D eigenvalue weighted by molar-refractivity contribution is 7.13. The van der Waals surface area contributed by atoms with Crippen LogP contribution in [0.2, 0.25) is 0 Å². The minimum Gasteiger partial charge on any atom is -0.332 e. The second-order valence-corrected chi connectivity index (χ2v) is 4.42. The molecule has 2 nitrogen and oxygen atoms in total. The van der Waals surface area contributed by atoms with E-state index >= 15 is 0 Å². The Morgan fingerprint density at radius 3 is 2.69 bits per heavy atom. The quantitative estimate of drug-likeness (QED) is 0.713. The van der Waals surface area contributed by atoms with Crippen molar-refractivity contribution < 1.29 is 0 Å². The fourth-order valence-corrected chi connectivity index (χ4v) is 2.22. The van der Waals surface area contributed by atoms with Gasteiger partial charge >= 0.3 is 0 Å². The van der Waals surface area contributed by atoms with E-state index < -0.39 is 0 Å². The lowest BCUT2D eigenvalue weighted by Gasteiger charge is -2.04. The highest BCUT2D eigenvalue weighted by Gasteiger charge is 1.98. The Hall–Kier alpha value is -1.87. The van der Waals surface area contributed by atoms with Gasteiger partial charge in [-0.25, -0.2) is 4.98 Å². The van der Waals surface area contributed by atoms with Crippen LogP contribution >= 0.6 is 11.3 Å². The second-order valence-electron chi connectivity index (χ2n) is 3.52. The van der Waals surface area contributed by atoms with Crippen molar-refractivity contribution in [3.05, 3.63) is 54.0 Å². The van der Waals surface area contributed by atoms with Crippen molar-refractivity contribution in [2.45, 2.75) is 0 Å². The van der Waals surface area contributed by atoms with Gasteiger partial charge in [-0.05, 0) is 22.9 Å². The lowest BCUT2D eigenvalue weighted by molar-refractivity contribution is 1.39. The smallest absolute Gasteiger partial charge is 0.187 e. The van der Waals surface area contributed by atoms with Crippen molar-refractivity contribution >= 4 is 32.9 Å². The molecule has 0 aliphatic rings. The molecule has 2 aromatic carbocycles. The van der Waals surface area contributed by atoms with Crippen LogP contribution in [0.15, 0.2) is 54.0 Å². The summed E-state index contributed by atoms with van der Waals surface area (Å²) in [4.78, 5) is 4.20. The van der Waals surface area contributed by atoms with Crippen LogP contribution in [0.1, 0.15) is 0 Å². The Morgan fingerprint density at radius 2 is 1.88 bits per heavy atom. The van der Waals surface area contributed by atoms with Crippen molar-refractivity contribution in [1.82, 2.24) is 4.98 Å². The zero-order valence-electron chi connectivity index (χ0n) is 8.55. The number of rotatable bonds is 2. The molecule has 0 atom stereocenters. The van der Waals surface area contributed by atoms with E-state index in [1.165, 1.54) is 10.8 Å². The number of thiazole rings is 1. The predicted octanol–water partition coefficient (Wildman–Crippen LogP) is 4.04. The highest BCUT2D eigenvalue weighted by atomic mass is 32.1. The summed E-state index contributed by atoms with van der Waals surface area (Å²) in [6, 6.07) is 14.7. The van der Waals surface area contributed by atoms with Gasteiger partial charge in [-0.2, -0.15) is 0 Å². The van der Waals surface area contributed by atoms with Crippen molar-refractivity contribution in [2.75, 3.05) is 5.32 Å². The third kappa shape index (κ3) is 1.77. The summed E-state index contributed by atoms with van der Waals surface area (Å²) in [6.07, 6.45) is 1.80. The summed E-state index contributed by atoms with van der Waals surface area (Å²) in [6.45, 7) is 0. The molecular weight excluding hydrogens is 216 g/mol. The van der Waals surface area contributed by atoms with E-state index in [2.05, 4.69) is 52.8 Å². The Balaban J connectivity index is 1.99. The Morgan fingerprint density at radius 1 is 1.00 bits per heavy atom. The third-order valence-electron chi connectivity index (χ3n) is 2.43. The molecule has 1 aromatic heterocycles. The van der Waals surface area contributed by atoms with Gasteiger partial charge in [0.05, 0.1) is 0 Å². The highest BCUT2D eigenvalue weighted by Crippen LogP contribution is 2.23. The van der Waals surface area contributed by atoms with Crippen LogP contribution in [-0.2, 0) is 0 Å². The molecular formula is C13H10N2S. The molecule has 16 heavy (non-hydrogen) atoms. The van der Waals surface area contributed by atoms with Gasteiger partial charge in [0.1, 0.15) is 0 Å². The molecule has 0 unspecified atom stereocenters. The molecule has 0 aliphatic carbocycles. The van der Waals surface area contributed by atoms with Gasteiger partial charge in [-0.15, -0.1) is 11.3 Å². The zero-order chi connectivity index (χ0) is 10.8. The number of hydrogen-bond acceptors (Lipinski definition) is 3. The zero-order valence-corrected chi connectivity index (χ0v) is 9.37.